The highest BCUT2D eigenvalue weighted by Gasteiger charge is 2.40. The molecule has 0 fully saturated rings. The Bertz CT molecular complexity index is 1820. The predicted octanol–water partition coefficient (Wildman–Crippen LogP) is 3.72. The minimum atomic E-state index is -1.22. The number of hydrogen-bond donors (Lipinski definition) is 2. The molecule has 0 radical (unpaired) electrons. The molecule has 0 aliphatic carbocycles. The molecule has 316 valence electrons. The van der Waals surface area contributed by atoms with Gasteiger partial charge < -0.3 is 39.5 Å². The van der Waals surface area contributed by atoms with Gasteiger partial charge in [-0.3, -0.25) is 24.1 Å². The van der Waals surface area contributed by atoms with E-state index in [1.165, 1.54) is 43.1 Å². The van der Waals surface area contributed by atoms with Crippen molar-refractivity contribution < 1.29 is 48.4 Å². The largest absolute Gasteiger partial charge is 0.593 e. The third kappa shape index (κ3) is 12.7. The van der Waals surface area contributed by atoms with Gasteiger partial charge in [0.05, 0.1) is 14.2 Å². The average Bonchev–Trinajstić information content (AvgIpc) is 3.21. The lowest BCUT2D eigenvalue weighted by molar-refractivity contribution is -0.164. The van der Waals surface area contributed by atoms with Crippen LogP contribution in [0.1, 0.15) is 50.8 Å². The van der Waals surface area contributed by atoms with Crippen LogP contribution in [0.5, 0.6) is 17.2 Å². The number of phenols is 1. The minimum Gasteiger partial charge on any atom is -0.593 e. The van der Waals surface area contributed by atoms with Gasteiger partial charge in [0.1, 0.15) is 35.7 Å². The van der Waals surface area contributed by atoms with E-state index < -0.39 is 71.8 Å². The van der Waals surface area contributed by atoms with Crippen molar-refractivity contribution in [2.24, 2.45) is 11.8 Å². The standard InChI is InChI=1S/C44H60N4O10/c1-11-28(4)39(58-44(55)36(46(5)6)25-31-16-22-34(56-9)23-17-31)40(51)45-38(27(2)3)42(53)47(7)35(24-29-12-18-32(49)19-13-29)41(52)48(8)37(43(54)57-10)26-30-14-20-33(50)21-15-30/h12-23,27-28,35-39,49-50H,11,24-26H2,1-10H3,(H,45,51)/p+1/t28-,35?,36+,37-,38-,39-/m1/s1. The molecule has 14 heteroatoms. The smallest absolute Gasteiger partial charge is 0.328 e. The number of nitrogens with one attached hydrogen (secondary N) is 1. The second-order valence-corrected chi connectivity index (χ2v) is 15.2. The van der Waals surface area contributed by atoms with Crippen molar-refractivity contribution in [2.45, 2.75) is 83.6 Å². The van der Waals surface area contributed by atoms with Gasteiger partial charge in [-0.05, 0) is 85.9 Å². The van der Waals surface area contributed by atoms with E-state index >= 15 is 0 Å². The number of carbonyl (C=O) groups is 5. The molecule has 1 unspecified atom stereocenters. The fourth-order valence-corrected chi connectivity index (χ4v) is 6.44. The number of carbonyl (C=O) groups excluding carboxylic acids is 5. The van der Waals surface area contributed by atoms with Gasteiger partial charge in [0.15, 0.2) is 6.10 Å². The van der Waals surface area contributed by atoms with Crippen LogP contribution in [0.4, 0.5) is 0 Å². The van der Waals surface area contributed by atoms with E-state index in [-0.39, 0.29) is 18.6 Å². The third-order valence-corrected chi connectivity index (χ3v) is 10.5. The molecule has 0 saturated carbocycles. The Kier molecular flexibility index (Phi) is 17.5. The van der Waals surface area contributed by atoms with Crippen molar-refractivity contribution in [3.8, 4) is 17.2 Å². The van der Waals surface area contributed by atoms with Gasteiger partial charge in [0.25, 0.3) is 11.7 Å². The van der Waals surface area contributed by atoms with Crippen molar-refractivity contribution in [1.29, 1.82) is 0 Å². The Morgan fingerprint density at radius 2 is 1.17 bits per heavy atom. The van der Waals surface area contributed by atoms with Gasteiger partial charge in [-0.2, -0.15) is 0 Å². The number of hydrogen-bond acceptors (Lipinski definition) is 10. The summed E-state index contributed by atoms with van der Waals surface area (Å²) < 4.78 is 16.3. The van der Waals surface area contributed by atoms with Crippen LogP contribution in [-0.4, -0.2) is 127 Å². The monoisotopic (exact) mass is 805 g/mol. The topological polar surface area (TPSA) is 178 Å². The fraction of sp³-hybridized carbons (Fsp3) is 0.477. The summed E-state index contributed by atoms with van der Waals surface area (Å²) in [4.78, 5) is 74.3. The van der Waals surface area contributed by atoms with E-state index in [1.807, 2.05) is 19.1 Å². The van der Waals surface area contributed by atoms with Gasteiger partial charge in [0, 0.05) is 45.0 Å². The highest BCUT2D eigenvalue weighted by molar-refractivity contribution is 5.95. The number of rotatable bonds is 20. The molecule has 58 heavy (non-hydrogen) atoms. The first kappa shape index (κ1) is 46.8. The molecule has 6 atom stereocenters. The van der Waals surface area contributed by atoms with E-state index in [1.54, 1.807) is 95.4 Å². The van der Waals surface area contributed by atoms with Gasteiger partial charge in [-0.25, -0.2) is 4.79 Å². The Balaban J connectivity index is 1.92. The number of aromatic hydroxyl groups is 1. The fourth-order valence-electron chi connectivity index (χ4n) is 6.44. The molecular weight excluding hydrogens is 745 g/mol. The molecule has 0 saturated heterocycles. The molecule has 0 spiro atoms. The molecule has 14 nitrogen and oxygen atoms in total. The van der Waals surface area contributed by atoms with Gasteiger partial charge in [0.2, 0.25) is 11.8 Å². The summed E-state index contributed by atoms with van der Waals surface area (Å²) in [5.41, 5.74) is 2.20. The average molecular weight is 806 g/mol. The Morgan fingerprint density at radius 1 is 0.690 bits per heavy atom. The summed E-state index contributed by atoms with van der Waals surface area (Å²) in [7, 11) is 9.25. The Morgan fingerprint density at radius 3 is 1.66 bits per heavy atom. The molecule has 3 amide bonds. The van der Waals surface area contributed by atoms with Gasteiger partial charge in [-0.1, -0.05) is 52.0 Å². The lowest BCUT2D eigenvalue weighted by Gasteiger charge is -2.36. The highest BCUT2D eigenvalue weighted by atomic mass is 16.6. The van der Waals surface area contributed by atoms with E-state index in [0.717, 1.165) is 5.56 Å². The van der Waals surface area contributed by atoms with E-state index in [4.69, 9.17) is 19.3 Å². The van der Waals surface area contributed by atoms with E-state index in [0.29, 0.717) is 35.5 Å². The number of amides is 3. The molecule has 0 aromatic heterocycles. The maximum absolute atomic E-state index is 14.5. The number of nitrogens with zero attached hydrogens (tertiary/aromatic N) is 3. The van der Waals surface area contributed by atoms with Crippen LogP contribution in [0.2, 0.25) is 0 Å². The molecule has 3 aromatic rings. The zero-order valence-electron chi connectivity index (χ0n) is 35.4. The Labute approximate surface area is 342 Å². The molecule has 0 heterocycles. The first-order chi connectivity index (χ1) is 27.4. The number of likely N-dealkylation sites (N-methyl/N-ethyl adjacent to an activating group) is 3. The molecule has 3 rings (SSSR count). The first-order valence-electron chi connectivity index (χ1n) is 19.4. The van der Waals surface area contributed by atoms with E-state index in [9.17, 15) is 29.1 Å². The molecular formula is C44H61N4O10+. The molecule has 0 aliphatic heterocycles. The number of methoxy groups -OCH3 is 2. The van der Waals surface area contributed by atoms with Crippen LogP contribution in [-0.2, 0) is 52.7 Å². The van der Waals surface area contributed by atoms with Crippen molar-refractivity contribution in [3.05, 3.63) is 89.5 Å². The zero-order chi connectivity index (χ0) is 43.3. The molecule has 0 bridgehead atoms. The van der Waals surface area contributed by atoms with Crippen molar-refractivity contribution in [1.82, 2.24) is 20.0 Å². The SMILES string of the molecule is CC[C@@H](C)[C@@H](OC(=O)[C@H](Cc1ccc(OC)cc1)N(C)C)C(=O)N[C@@H](C(=O)N(C)C(Cc1ccc(O)cc1)C(=O)N(C)[C@H](Cc1ccc([OH2+])cc1)C(=O)OC)C(C)C. The van der Waals surface area contributed by atoms with E-state index in [2.05, 4.69) is 5.32 Å². The first-order valence-corrected chi connectivity index (χ1v) is 19.4. The lowest BCUT2D eigenvalue weighted by atomic mass is 9.96. The Hall–Kier alpha value is -5.63. The predicted molar refractivity (Wildman–Crippen MR) is 220 cm³/mol. The summed E-state index contributed by atoms with van der Waals surface area (Å²) in [6.07, 6.45) is -0.295. The maximum Gasteiger partial charge on any atom is 0.328 e. The summed E-state index contributed by atoms with van der Waals surface area (Å²) >= 11 is 0. The molecule has 0 aliphatic rings. The quantitative estimate of drug-likeness (QED) is 0.126. The maximum atomic E-state index is 14.5. The molecule has 3 aromatic carbocycles. The normalized spacial score (nSPS) is 14.3. The lowest BCUT2D eigenvalue weighted by Crippen LogP contribution is -2.59. The number of esters is 2. The number of ether oxygens (including phenoxy) is 3. The number of benzene rings is 3. The van der Waals surface area contributed by atoms with Crippen LogP contribution in [0, 0.1) is 11.8 Å². The zero-order valence-corrected chi connectivity index (χ0v) is 35.4. The molecule has 4 N–H and O–H groups in total. The third-order valence-electron chi connectivity index (χ3n) is 10.5. The van der Waals surface area contributed by atoms with Crippen LogP contribution in [0.15, 0.2) is 72.8 Å². The number of phenolic OH excluding ortho intramolecular Hbond substituents is 1. The second kappa shape index (κ2) is 21.8. The van der Waals surface area contributed by atoms with Gasteiger partial charge in [-0.15, -0.1) is 0 Å². The van der Waals surface area contributed by atoms with Crippen LogP contribution in [0.3, 0.4) is 0 Å². The summed E-state index contributed by atoms with van der Waals surface area (Å²) in [6.45, 7) is 7.19. The summed E-state index contributed by atoms with van der Waals surface area (Å²) in [6, 6.07) is 16.0. The van der Waals surface area contributed by atoms with Crippen LogP contribution < -0.4 is 10.1 Å². The van der Waals surface area contributed by atoms with Crippen molar-refractivity contribution in [2.75, 3.05) is 42.4 Å². The summed E-state index contributed by atoms with van der Waals surface area (Å²) in [5.74, 6) is -2.91. The van der Waals surface area contributed by atoms with Gasteiger partial charge >= 0.3 is 11.9 Å². The van der Waals surface area contributed by atoms with Crippen LogP contribution in [0.25, 0.3) is 0 Å². The van der Waals surface area contributed by atoms with Crippen molar-refractivity contribution in [3.63, 3.8) is 0 Å². The minimum absolute atomic E-state index is 0.0130. The highest BCUT2D eigenvalue weighted by Crippen LogP contribution is 2.22. The van der Waals surface area contributed by atoms with Crippen LogP contribution >= 0.6 is 0 Å². The van der Waals surface area contributed by atoms with Crippen molar-refractivity contribution >= 4 is 29.7 Å². The second-order valence-electron chi connectivity index (χ2n) is 15.2. The summed E-state index contributed by atoms with van der Waals surface area (Å²) in [5, 5.41) is 20.6.